The van der Waals surface area contributed by atoms with Gasteiger partial charge < -0.3 is 15.1 Å². The Balaban J connectivity index is 1.87. The molecule has 2 aromatic carbocycles. The van der Waals surface area contributed by atoms with Gasteiger partial charge in [-0.1, -0.05) is 0 Å². The quantitative estimate of drug-likeness (QED) is 0.290. The summed E-state index contributed by atoms with van der Waals surface area (Å²) >= 11 is 4.99. The molecule has 3 rings (SSSR count). The zero-order valence-corrected chi connectivity index (χ0v) is 15.9. The van der Waals surface area contributed by atoms with Gasteiger partial charge in [-0.2, -0.15) is 26.3 Å². The molecule has 30 heavy (non-hydrogen) atoms. The van der Waals surface area contributed by atoms with Crippen LogP contribution in [0.5, 0.6) is 0 Å². The lowest BCUT2D eigenvalue weighted by Crippen LogP contribution is -2.20. The Hall–Kier alpha value is -3.08. The molecule has 3 aromatic rings. The fourth-order valence-corrected chi connectivity index (χ4v) is 2.96. The molecule has 0 aliphatic heterocycles. The molecule has 0 bridgehead atoms. The number of hydrogen-bond acceptors (Lipinski definition) is 3. The van der Waals surface area contributed by atoms with Crippen LogP contribution in [0.2, 0.25) is 0 Å². The second-order valence-corrected chi connectivity index (χ2v) is 6.74. The van der Waals surface area contributed by atoms with Gasteiger partial charge in [-0.3, -0.25) is 0 Å². The second kappa shape index (κ2) is 7.63. The first-order valence-electron chi connectivity index (χ1n) is 8.25. The summed E-state index contributed by atoms with van der Waals surface area (Å²) in [6.45, 7) is 1.71. The van der Waals surface area contributed by atoms with E-state index in [4.69, 9.17) is 16.6 Å². The first kappa shape index (κ1) is 21.6. The van der Waals surface area contributed by atoms with Gasteiger partial charge in [0.15, 0.2) is 5.11 Å². The molecule has 11 heteroatoms. The minimum atomic E-state index is -4.97. The van der Waals surface area contributed by atoms with Crippen LogP contribution in [0.3, 0.4) is 0 Å². The van der Waals surface area contributed by atoms with Crippen LogP contribution in [0.1, 0.15) is 16.7 Å². The summed E-state index contributed by atoms with van der Waals surface area (Å²) in [7, 11) is 0. The minimum Gasteiger partial charge on any atom is -0.423 e. The highest BCUT2D eigenvalue weighted by Gasteiger charge is 2.37. The maximum absolute atomic E-state index is 13.0. The number of fused-ring (bicyclic) bond motifs is 1. The second-order valence-electron chi connectivity index (χ2n) is 6.33. The highest BCUT2D eigenvalue weighted by molar-refractivity contribution is 7.80. The highest BCUT2D eigenvalue weighted by atomic mass is 32.1. The van der Waals surface area contributed by atoms with Crippen LogP contribution < -0.4 is 16.3 Å². The monoisotopic (exact) mass is 446 g/mol. The highest BCUT2D eigenvalue weighted by Crippen LogP contribution is 2.37. The van der Waals surface area contributed by atoms with Crippen LogP contribution in [-0.2, 0) is 12.4 Å². The summed E-state index contributed by atoms with van der Waals surface area (Å²) < 4.78 is 82.8. The van der Waals surface area contributed by atoms with E-state index < -0.39 is 34.8 Å². The van der Waals surface area contributed by atoms with Crippen molar-refractivity contribution in [3.63, 3.8) is 0 Å². The van der Waals surface area contributed by atoms with Crippen molar-refractivity contribution in [3.05, 3.63) is 69.6 Å². The molecule has 1 aromatic heterocycles. The van der Waals surface area contributed by atoms with Gasteiger partial charge in [0.05, 0.1) is 11.1 Å². The van der Waals surface area contributed by atoms with E-state index in [9.17, 15) is 31.1 Å². The first-order chi connectivity index (χ1) is 13.8. The van der Waals surface area contributed by atoms with E-state index in [-0.39, 0.29) is 16.8 Å². The molecular weight excluding hydrogens is 434 g/mol. The molecule has 4 nitrogen and oxygen atoms in total. The van der Waals surface area contributed by atoms with Crippen molar-refractivity contribution in [2.45, 2.75) is 19.3 Å². The van der Waals surface area contributed by atoms with Gasteiger partial charge in [0, 0.05) is 28.9 Å². The van der Waals surface area contributed by atoms with Gasteiger partial charge in [0.2, 0.25) is 0 Å². The minimum absolute atomic E-state index is 0.0232. The molecule has 0 saturated carbocycles. The van der Waals surface area contributed by atoms with E-state index in [1.807, 2.05) is 0 Å². The Morgan fingerprint density at radius 1 is 0.867 bits per heavy atom. The first-order valence-corrected chi connectivity index (χ1v) is 8.66. The molecule has 0 aliphatic rings. The SMILES string of the molecule is Cc1cc(=O)oc2cc(NC(=S)Nc3cc(C(F)(F)F)cc(C(F)(F)F)c3)ccc12. The standard InChI is InChI=1S/C19H12F6N2O2S/c1-9-4-16(28)29-15-8-12(2-3-14(9)15)26-17(30)27-13-6-10(18(20,21)22)5-11(7-13)19(23,24)25/h2-8H,1H3,(H2,26,27,30). The van der Waals surface area contributed by atoms with Crippen molar-refractivity contribution >= 4 is 39.7 Å². The number of alkyl halides is 6. The number of halogens is 6. The lowest BCUT2D eigenvalue weighted by molar-refractivity contribution is -0.143. The Morgan fingerprint density at radius 2 is 1.43 bits per heavy atom. The van der Waals surface area contributed by atoms with Gasteiger partial charge in [-0.25, -0.2) is 4.79 Å². The average Bonchev–Trinajstić information content (AvgIpc) is 2.59. The largest absolute Gasteiger partial charge is 0.423 e. The molecule has 2 N–H and O–H groups in total. The van der Waals surface area contributed by atoms with Crippen molar-refractivity contribution in [3.8, 4) is 0 Å². The van der Waals surface area contributed by atoms with Crippen LogP contribution >= 0.6 is 12.2 Å². The molecule has 0 radical (unpaired) electrons. The molecule has 1 heterocycles. The average molecular weight is 446 g/mol. The summed E-state index contributed by atoms with van der Waals surface area (Å²) in [5.74, 6) is 0. The number of anilines is 2. The molecule has 0 amide bonds. The van der Waals surface area contributed by atoms with E-state index in [0.717, 1.165) is 0 Å². The van der Waals surface area contributed by atoms with E-state index in [0.29, 0.717) is 28.8 Å². The summed E-state index contributed by atoms with van der Waals surface area (Å²) in [4.78, 5) is 11.5. The number of aryl methyl sites for hydroxylation is 1. The molecule has 0 unspecified atom stereocenters. The Kier molecular flexibility index (Phi) is 5.50. The molecule has 0 fully saturated rings. The van der Waals surface area contributed by atoms with E-state index in [2.05, 4.69) is 10.6 Å². The molecule has 0 saturated heterocycles. The predicted octanol–water partition coefficient (Wildman–Crippen LogP) is 5.95. The Morgan fingerprint density at radius 3 is 2.00 bits per heavy atom. The van der Waals surface area contributed by atoms with Gasteiger partial charge in [-0.15, -0.1) is 0 Å². The number of thiocarbonyl (C=S) groups is 1. The van der Waals surface area contributed by atoms with Gasteiger partial charge in [0.1, 0.15) is 5.58 Å². The molecule has 0 aliphatic carbocycles. The molecule has 158 valence electrons. The van der Waals surface area contributed by atoms with Crippen molar-refractivity contribution < 1.29 is 30.8 Å². The van der Waals surface area contributed by atoms with Crippen molar-refractivity contribution in [2.24, 2.45) is 0 Å². The molecule has 0 spiro atoms. The third kappa shape index (κ3) is 4.90. The maximum Gasteiger partial charge on any atom is 0.416 e. The molecule has 0 atom stereocenters. The van der Waals surface area contributed by atoms with Crippen LogP contribution in [-0.4, -0.2) is 5.11 Å². The number of rotatable bonds is 2. The lowest BCUT2D eigenvalue weighted by atomic mass is 10.1. The predicted molar refractivity (Wildman–Crippen MR) is 104 cm³/mol. The Bertz CT molecular complexity index is 1150. The smallest absolute Gasteiger partial charge is 0.416 e. The zero-order valence-electron chi connectivity index (χ0n) is 15.0. The van der Waals surface area contributed by atoms with Crippen molar-refractivity contribution in [1.82, 2.24) is 0 Å². The van der Waals surface area contributed by atoms with E-state index in [1.165, 1.54) is 12.1 Å². The number of nitrogens with one attached hydrogen (secondary N) is 2. The fourth-order valence-electron chi connectivity index (χ4n) is 2.72. The normalized spacial score (nSPS) is 12.1. The number of hydrogen-bond donors (Lipinski definition) is 2. The summed E-state index contributed by atoms with van der Waals surface area (Å²) in [5, 5.41) is 5.35. The van der Waals surface area contributed by atoms with Crippen molar-refractivity contribution in [1.29, 1.82) is 0 Å². The van der Waals surface area contributed by atoms with E-state index >= 15 is 0 Å². The summed E-state index contributed by atoms with van der Waals surface area (Å²) in [6.07, 6.45) is -9.94. The van der Waals surface area contributed by atoms with Gasteiger partial charge in [-0.05, 0) is 55.0 Å². The summed E-state index contributed by atoms with van der Waals surface area (Å²) in [6, 6.07) is 7.01. The van der Waals surface area contributed by atoms with Crippen molar-refractivity contribution in [2.75, 3.05) is 10.6 Å². The van der Waals surface area contributed by atoms with Crippen LogP contribution in [0, 0.1) is 6.92 Å². The van der Waals surface area contributed by atoms with E-state index in [1.54, 1.807) is 19.1 Å². The third-order valence-corrected chi connectivity index (χ3v) is 4.26. The van der Waals surface area contributed by atoms with Crippen LogP contribution in [0.25, 0.3) is 11.0 Å². The van der Waals surface area contributed by atoms with Gasteiger partial charge in [0.25, 0.3) is 0 Å². The maximum atomic E-state index is 13.0. The third-order valence-electron chi connectivity index (χ3n) is 4.05. The lowest BCUT2D eigenvalue weighted by Gasteiger charge is -2.16. The summed E-state index contributed by atoms with van der Waals surface area (Å²) in [5.41, 5.74) is -2.75. The molecular formula is C19H12F6N2O2S. The van der Waals surface area contributed by atoms with Crippen LogP contribution in [0.4, 0.5) is 37.7 Å². The number of benzene rings is 2. The topological polar surface area (TPSA) is 54.3 Å². The van der Waals surface area contributed by atoms with Crippen LogP contribution in [0.15, 0.2) is 51.7 Å². The zero-order chi connectivity index (χ0) is 22.3. The fraction of sp³-hybridized carbons (Fsp3) is 0.158. The van der Waals surface area contributed by atoms with Gasteiger partial charge >= 0.3 is 18.0 Å². The Labute approximate surface area is 170 Å².